The van der Waals surface area contributed by atoms with Crippen LogP contribution in [0.25, 0.3) is 0 Å². The van der Waals surface area contributed by atoms with Crippen molar-refractivity contribution in [2.45, 2.75) is 24.9 Å². The highest BCUT2D eigenvalue weighted by Gasteiger charge is 2.50. The Labute approximate surface area is 128 Å². The minimum absolute atomic E-state index is 0.257. The van der Waals surface area contributed by atoms with Crippen LogP contribution in [0.2, 0.25) is 0 Å². The second-order valence-electron chi connectivity index (χ2n) is 5.91. The third-order valence-electron chi connectivity index (χ3n) is 4.72. The Hall–Kier alpha value is -2.40. The van der Waals surface area contributed by atoms with Crippen molar-refractivity contribution < 1.29 is 14.7 Å². The number of hydrogen-bond acceptors (Lipinski definition) is 3. The number of aliphatic hydroxyl groups is 1. The van der Waals surface area contributed by atoms with Crippen LogP contribution in [0.3, 0.4) is 0 Å². The van der Waals surface area contributed by atoms with Crippen LogP contribution in [-0.2, 0) is 16.0 Å². The molecule has 5 N–H and O–H groups in total. The lowest BCUT2D eigenvalue weighted by molar-refractivity contribution is -0.127. The molecule has 0 bridgehead atoms. The lowest BCUT2D eigenvalue weighted by Crippen LogP contribution is -2.44. The number of primary amides is 2. The number of carbonyl (C=O) groups is 2. The summed E-state index contributed by atoms with van der Waals surface area (Å²) < 4.78 is 0. The van der Waals surface area contributed by atoms with Crippen LogP contribution in [0.4, 0.5) is 0 Å². The minimum atomic E-state index is -1.04. The first-order chi connectivity index (χ1) is 10.5. The van der Waals surface area contributed by atoms with Crippen LogP contribution in [-0.4, -0.2) is 23.0 Å². The summed E-state index contributed by atoms with van der Waals surface area (Å²) in [6.45, 7) is 0. The smallest absolute Gasteiger partial charge is 0.248 e. The van der Waals surface area contributed by atoms with E-state index >= 15 is 0 Å². The second-order valence-corrected chi connectivity index (χ2v) is 5.91. The molecule has 1 aromatic rings. The summed E-state index contributed by atoms with van der Waals surface area (Å²) in [7, 11) is 0. The highest BCUT2D eigenvalue weighted by molar-refractivity contribution is 5.96. The van der Waals surface area contributed by atoms with E-state index in [4.69, 9.17) is 11.5 Å². The minimum Gasteiger partial charge on any atom is -0.392 e. The number of allylic oxidation sites excluding steroid dienone is 1. The Morgan fingerprint density at radius 3 is 2.55 bits per heavy atom. The summed E-state index contributed by atoms with van der Waals surface area (Å²) in [6, 6.07) is 7.66. The van der Waals surface area contributed by atoms with Crippen molar-refractivity contribution >= 4 is 11.8 Å². The summed E-state index contributed by atoms with van der Waals surface area (Å²) in [5.41, 5.74) is 12.2. The van der Waals surface area contributed by atoms with Gasteiger partial charge in [0.05, 0.1) is 11.5 Å². The normalized spacial score (nSPS) is 29.8. The lowest BCUT2D eigenvalue weighted by atomic mass is 9.66. The summed E-state index contributed by atoms with van der Waals surface area (Å²) in [4.78, 5) is 23.5. The van der Waals surface area contributed by atoms with Crippen molar-refractivity contribution in [1.29, 1.82) is 0 Å². The van der Waals surface area contributed by atoms with Crippen LogP contribution in [0.15, 0.2) is 48.1 Å². The summed E-state index contributed by atoms with van der Waals surface area (Å²) in [5, 5.41) is 10.5. The van der Waals surface area contributed by atoms with Crippen molar-refractivity contribution in [3.05, 3.63) is 59.2 Å². The van der Waals surface area contributed by atoms with E-state index in [0.29, 0.717) is 12.0 Å². The third kappa shape index (κ3) is 2.05. The molecule has 1 unspecified atom stereocenters. The van der Waals surface area contributed by atoms with Gasteiger partial charge in [0.15, 0.2) is 0 Å². The van der Waals surface area contributed by atoms with E-state index in [9.17, 15) is 14.7 Å². The molecule has 0 aliphatic heterocycles. The maximum Gasteiger partial charge on any atom is 0.248 e. The Kier molecular flexibility index (Phi) is 3.37. The fraction of sp³-hybridized carbons (Fsp3) is 0.294. The molecule has 2 amide bonds. The highest BCUT2D eigenvalue weighted by atomic mass is 16.3. The molecule has 22 heavy (non-hydrogen) atoms. The molecule has 2 aliphatic rings. The molecule has 0 radical (unpaired) electrons. The van der Waals surface area contributed by atoms with Gasteiger partial charge in [-0.1, -0.05) is 42.5 Å². The molecule has 5 heteroatoms. The predicted molar refractivity (Wildman–Crippen MR) is 81.6 cm³/mol. The quantitative estimate of drug-likeness (QED) is 0.757. The number of amides is 2. The second kappa shape index (κ2) is 5.10. The van der Waals surface area contributed by atoms with Gasteiger partial charge in [-0.25, -0.2) is 0 Å². The molecular formula is C17H18N2O3. The Morgan fingerprint density at radius 1 is 1.23 bits per heavy atom. The van der Waals surface area contributed by atoms with Crippen molar-refractivity contribution in [3.63, 3.8) is 0 Å². The zero-order valence-corrected chi connectivity index (χ0v) is 12.0. The first-order valence-corrected chi connectivity index (χ1v) is 7.20. The van der Waals surface area contributed by atoms with Gasteiger partial charge >= 0.3 is 0 Å². The molecule has 0 saturated heterocycles. The van der Waals surface area contributed by atoms with E-state index in [-0.39, 0.29) is 6.42 Å². The molecule has 1 aromatic carbocycles. The van der Waals surface area contributed by atoms with Gasteiger partial charge in [-0.3, -0.25) is 9.59 Å². The summed E-state index contributed by atoms with van der Waals surface area (Å²) in [5.74, 6) is -1.46. The average Bonchev–Trinajstić information content (AvgIpc) is 2.83. The molecular weight excluding hydrogens is 280 g/mol. The number of nitrogens with two attached hydrogens (primary N) is 2. The molecule has 0 heterocycles. The van der Waals surface area contributed by atoms with E-state index in [1.807, 2.05) is 24.3 Å². The monoisotopic (exact) mass is 298 g/mol. The summed E-state index contributed by atoms with van der Waals surface area (Å²) in [6.07, 6.45) is 4.86. The first-order valence-electron chi connectivity index (χ1n) is 7.20. The molecule has 2 aliphatic carbocycles. The van der Waals surface area contributed by atoms with E-state index in [1.165, 1.54) is 6.08 Å². The number of fused-ring (bicyclic) bond motifs is 1. The third-order valence-corrected chi connectivity index (χ3v) is 4.72. The van der Waals surface area contributed by atoms with E-state index in [1.54, 1.807) is 12.2 Å². The molecule has 0 aromatic heterocycles. The van der Waals surface area contributed by atoms with Crippen LogP contribution in [0.1, 0.15) is 23.5 Å². The van der Waals surface area contributed by atoms with Crippen molar-refractivity contribution in [1.82, 2.24) is 0 Å². The van der Waals surface area contributed by atoms with Gasteiger partial charge < -0.3 is 16.6 Å². The fourth-order valence-corrected chi connectivity index (χ4v) is 3.60. The zero-order chi connectivity index (χ0) is 15.9. The van der Waals surface area contributed by atoms with Gasteiger partial charge in [-0.05, 0) is 24.0 Å². The number of aliphatic hydroxyl groups excluding tert-OH is 1. The lowest BCUT2D eigenvalue weighted by Gasteiger charge is -2.37. The van der Waals surface area contributed by atoms with Crippen LogP contribution < -0.4 is 11.5 Å². The van der Waals surface area contributed by atoms with Crippen LogP contribution >= 0.6 is 0 Å². The maximum absolute atomic E-state index is 12.2. The topological polar surface area (TPSA) is 106 Å². The SMILES string of the molecule is NC(=O)C1=CCC(C(N)=O)([C@@H]2c3ccccc3C[C@H]2O)C=C1. The average molecular weight is 298 g/mol. The number of rotatable bonds is 3. The van der Waals surface area contributed by atoms with Crippen LogP contribution in [0.5, 0.6) is 0 Å². The number of hydrogen-bond donors (Lipinski definition) is 3. The number of carbonyl (C=O) groups excluding carboxylic acids is 2. The first kappa shape index (κ1) is 14.5. The number of benzene rings is 1. The van der Waals surface area contributed by atoms with Gasteiger partial charge in [-0.15, -0.1) is 0 Å². The van der Waals surface area contributed by atoms with Crippen LogP contribution in [0, 0.1) is 5.41 Å². The Balaban J connectivity index is 2.06. The van der Waals surface area contributed by atoms with E-state index < -0.39 is 29.3 Å². The Morgan fingerprint density at radius 2 is 1.95 bits per heavy atom. The van der Waals surface area contributed by atoms with Gasteiger partial charge in [-0.2, -0.15) is 0 Å². The zero-order valence-electron chi connectivity index (χ0n) is 12.0. The largest absolute Gasteiger partial charge is 0.392 e. The van der Waals surface area contributed by atoms with Crippen molar-refractivity contribution in [2.24, 2.45) is 16.9 Å². The van der Waals surface area contributed by atoms with Crippen molar-refractivity contribution in [3.8, 4) is 0 Å². The van der Waals surface area contributed by atoms with E-state index in [2.05, 4.69) is 0 Å². The molecule has 3 rings (SSSR count). The highest BCUT2D eigenvalue weighted by Crippen LogP contribution is 2.49. The van der Waals surface area contributed by atoms with Crippen molar-refractivity contribution in [2.75, 3.05) is 0 Å². The fourth-order valence-electron chi connectivity index (χ4n) is 3.60. The summed E-state index contributed by atoms with van der Waals surface area (Å²) >= 11 is 0. The van der Waals surface area contributed by atoms with Gasteiger partial charge in [0.2, 0.25) is 11.8 Å². The Bertz CT molecular complexity index is 708. The molecule has 0 fully saturated rings. The molecule has 114 valence electrons. The molecule has 0 spiro atoms. The van der Waals surface area contributed by atoms with Gasteiger partial charge in [0, 0.05) is 11.5 Å². The van der Waals surface area contributed by atoms with Gasteiger partial charge in [0.25, 0.3) is 0 Å². The molecule has 0 saturated carbocycles. The standard InChI is InChI=1S/C17H18N2O3/c18-15(21)10-5-7-17(8-6-10,16(19)22)14-12-4-2-1-3-11(12)9-13(14)20/h1-7,13-14,20H,8-9H2,(H2,18,21)(H2,19,22)/t13-,14-,17?/m1/s1. The molecule has 3 atom stereocenters. The van der Waals surface area contributed by atoms with E-state index in [0.717, 1.165) is 11.1 Å². The maximum atomic E-state index is 12.2. The predicted octanol–water partition coefficient (Wildman–Crippen LogP) is 0.530. The molecule has 5 nitrogen and oxygen atoms in total. The van der Waals surface area contributed by atoms with Gasteiger partial charge in [0.1, 0.15) is 0 Å².